The van der Waals surface area contributed by atoms with Gasteiger partial charge in [0.15, 0.2) is 0 Å². The summed E-state index contributed by atoms with van der Waals surface area (Å²) in [4.78, 5) is 0. The number of hydrogen-bond donors (Lipinski definition) is 1. The first-order valence-corrected chi connectivity index (χ1v) is 4.44. The van der Waals surface area contributed by atoms with Crippen molar-refractivity contribution in [2.75, 3.05) is 33.7 Å². The van der Waals surface area contributed by atoms with Crippen LogP contribution >= 0.6 is 0 Å². The second-order valence-corrected chi connectivity index (χ2v) is 3.39. The van der Waals surface area contributed by atoms with Crippen molar-refractivity contribution in [1.29, 1.82) is 0 Å². The average molecular weight is 192 g/mol. The summed E-state index contributed by atoms with van der Waals surface area (Å²) in [7, 11) is 1.64. The Morgan fingerprint density at radius 1 is 1.15 bits per heavy atom. The van der Waals surface area contributed by atoms with Crippen LogP contribution in [0, 0.1) is 0 Å². The van der Waals surface area contributed by atoms with E-state index in [2.05, 4.69) is 0 Å². The zero-order valence-corrected chi connectivity index (χ0v) is 8.71. The topological polar surface area (TPSA) is 47.9 Å². The Hall–Kier alpha value is -0.160. The summed E-state index contributed by atoms with van der Waals surface area (Å²) in [5.74, 6) is 0. The van der Waals surface area contributed by atoms with Gasteiger partial charge in [-0.15, -0.1) is 0 Å². The first-order chi connectivity index (χ1) is 6.12. The van der Waals surface area contributed by atoms with Gasteiger partial charge in [0.2, 0.25) is 0 Å². The van der Waals surface area contributed by atoms with Crippen LogP contribution in [0.15, 0.2) is 0 Å². The molecular weight excluding hydrogens is 172 g/mol. The van der Waals surface area contributed by atoms with Gasteiger partial charge in [0.1, 0.15) is 6.79 Å². The van der Waals surface area contributed by atoms with E-state index in [9.17, 15) is 0 Å². The molecule has 0 spiro atoms. The molecule has 0 heterocycles. The Balaban J connectivity index is 3.29. The third kappa shape index (κ3) is 8.18. The lowest BCUT2D eigenvalue weighted by atomic mass is 10.1. The van der Waals surface area contributed by atoms with Gasteiger partial charge in [0.25, 0.3) is 0 Å². The van der Waals surface area contributed by atoms with Gasteiger partial charge in [0, 0.05) is 13.7 Å². The highest BCUT2D eigenvalue weighted by Crippen LogP contribution is 2.13. The Morgan fingerprint density at radius 2 is 1.85 bits per heavy atom. The van der Waals surface area contributed by atoms with E-state index in [-0.39, 0.29) is 12.4 Å². The summed E-state index contributed by atoms with van der Waals surface area (Å²) in [5, 5.41) is 8.56. The molecule has 0 amide bonds. The molecule has 0 rings (SSSR count). The van der Waals surface area contributed by atoms with Crippen LogP contribution < -0.4 is 0 Å². The van der Waals surface area contributed by atoms with Gasteiger partial charge in [-0.25, -0.2) is 0 Å². The SMILES string of the molecule is COCCOCCC(C)(C)OCO. The molecule has 0 aromatic rings. The molecule has 80 valence electrons. The van der Waals surface area contributed by atoms with Crippen LogP contribution in [-0.4, -0.2) is 44.4 Å². The molecule has 0 unspecified atom stereocenters. The van der Waals surface area contributed by atoms with Crippen molar-refractivity contribution in [1.82, 2.24) is 0 Å². The maximum Gasteiger partial charge on any atom is 0.144 e. The van der Waals surface area contributed by atoms with E-state index in [0.717, 1.165) is 6.42 Å². The normalized spacial score (nSPS) is 12.0. The van der Waals surface area contributed by atoms with Gasteiger partial charge in [-0.2, -0.15) is 0 Å². The van der Waals surface area contributed by atoms with Crippen LogP contribution in [0.2, 0.25) is 0 Å². The predicted octanol–water partition coefficient (Wildman–Crippen LogP) is 0.784. The second kappa shape index (κ2) is 7.26. The number of rotatable bonds is 8. The third-order valence-corrected chi connectivity index (χ3v) is 1.74. The molecule has 0 aromatic carbocycles. The molecule has 0 saturated heterocycles. The fourth-order valence-electron chi connectivity index (χ4n) is 0.809. The molecular formula is C9H20O4. The van der Waals surface area contributed by atoms with Crippen LogP contribution in [0.4, 0.5) is 0 Å². The molecule has 0 aliphatic rings. The van der Waals surface area contributed by atoms with E-state index in [0.29, 0.717) is 19.8 Å². The Labute approximate surface area is 79.8 Å². The number of hydrogen-bond acceptors (Lipinski definition) is 4. The molecule has 4 nitrogen and oxygen atoms in total. The molecule has 0 bridgehead atoms. The van der Waals surface area contributed by atoms with Gasteiger partial charge < -0.3 is 19.3 Å². The Morgan fingerprint density at radius 3 is 2.38 bits per heavy atom. The maximum absolute atomic E-state index is 8.56. The number of aliphatic hydroxyl groups excluding tert-OH is 1. The molecule has 0 aliphatic carbocycles. The van der Waals surface area contributed by atoms with Crippen molar-refractivity contribution in [3.63, 3.8) is 0 Å². The molecule has 0 aromatic heterocycles. The lowest BCUT2D eigenvalue weighted by Gasteiger charge is -2.23. The molecule has 4 heteroatoms. The summed E-state index contributed by atoms with van der Waals surface area (Å²) in [5.41, 5.74) is -0.318. The van der Waals surface area contributed by atoms with E-state index in [4.69, 9.17) is 19.3 Å². The second-order valence-electron chi connectivity index (χ2n) is 3.39. The van der Waals surface area contributed by atoms with E-state index < -0.39 is 0 Å². The van der Waals surface area contributed by atoms with Crippen molar-refractivity contribution in [2.24, 2.45) is 0 Å². The quantitative estimate of drug-likeness (QED) is 0.456. The van der Waals surface area contributed by atoms with Crippen molar-refractivity contribution >= 4 is 0 Å². The molecule has 0 aliphatic heterocycles. The number of ether oxygens (including phenoxy) is 3. The molecule has 0 saturated carbocycles. The maximum atomic E-state index is 8.56. The van der Waals surface area contributed by atoms with Gasteiger partial charge in [0.05, 0.1) is 18.8 Å². The molecule has 13 heavy (non-hydrogen) atoms. The first kappa shape index (κ1) is 12.8. The van der Waals surface area contributed by atoms with Gasteiger partial charge in [-0.3, -0.25) is 0 Å². The monoisotopic (exact) mass is 192 g/mol. The average Bonchev–Trinajstić information content (AvgIpc) is 2.04. The minimum atomic E-state index is -0.318. The van der Waals surface area contributed by atoms with Crippen LogP contribution in [-0.2, 0) is 14.2 Å². The molecule has 1 N–H and O–H groups in total. The highest BCUT2D eigenvalue weighted by Gasteiger charge is 2.17. The molecule has 0 fully saturated rings. The predicted molar refractivity (Wildman–Crippen MR) is 49.6 cm³/mol. The minimum absolute atomic E-state index is 0.245. The molecule has 0 radical (unpaired) electrons. The van der Waals surface area contributed by atoms with Crippen LogP contribution in [0.3, 0.4) is 0 Å². The Bertz CT molecular complexity index is 114. The van der Waals surface area contributed by atoms with Crippen molar-refractivity contribution < 1.29 is 19.3 Å². The highest BCUT2D eigenvalue weighted by molar-refractivity contribution is 4.66. The highest BCUT2D eigenvalue weighted by atomic mass is 16.6. The summed E-state index contributed by atoms with van der Waals surface area (Å²) in [6, 6.07) is 0. The van der Waals surface area contributed by atoms with Gasteiger partial charge >= 0.3 is 0 Å². The van der Waals surface area contributed by atoms with Crippen LogP contribution in [0.25, 0.3) is 0 Å². The summed E-state index contributed by atoms with van der Waals surface area (Å²) in [6.07, 6.45) is 0.761. The minimum Gasteiger partial charge on any atom is -0.382 e. The van der Waals surface area contributed by atoms with Crippen molar-refractivity contribution in [3.05, 3.63) is 0 Å². The van der Waals surface area contributed by atoms with Crippen molar-refractivity contribution in [3.8, 4) is 0 Å². The van der Waals surface area contributed by atoms with Gasteiger partial charge in [-0.05, 0) is 20.3 Å². The summed E-state index contributed by atoms with van der Waals surface area (Å²) >= 11 is 0. The standard InChI is InChI=1S/C9H20O4/c1-9(2,13-8-10)4-5-12-7-6-11-3/h10H,4-8H2,1-3H3. The largest absolute Gasteiger partial charge is 0.382 e. The first-order valence-electron chi connectivity index (χ1n) is 4.44. The van der Waals surface area contributed by atoms with E-state index in [1.807, 2.05) is 13.8 Å². The fourth-order valence-corrected chi connectivity index (χ4v) is 0.809. The van der Waals surface area contributed by atoms with E-state index in [1.54, 1.807) is 7.11 Å². The zero-order valence-electron chi connectivity index (χ0n) is 8.71. The van der Waals surface area contributed by atoms with Crippen LogP contribution in [0.5, 0.6) is 0 Å². The van der Waals surface area contributed by atoms with Gasteiger partial charge in [-0.1, -0.05) is 0 Å². The number of methoxy groups -OCH3 is 1. The van der Waals surface area contributed by atoms with Crippen molar-refractivity contribution in [2.45, 2.75) is 25.9 Å². The smallest absolute Gasteiger partial charge is 0.144 e. The van der Waals surface area contributed by atoms with E-state index in [1.165, 1.54) is 0 Å². The summed E-state index contributed by atoms with van der Waals surface area (Å²) < 4.78 is 15.2. The molecule has 0 atom stereocenters. The lowest BCUT2D eigenvalue weighted by molar-refractivity contribution is -0.109. The fraction of sp³-hybridized carbons (Fsp3) is 1.00. The lowest BCUT2D eigenvalue weighted by Crippen LogP contribution is -2.27. The third-order valence-electron chi connectivity index (χ3n) is 1.74. The number of aliphatic hydroxyl groups is 1. The Kier molecular flexibility index (Phi) is 7.17. The summed E-state index contributed by atoms with van der Waals surface area (Å²) in [6.45, 7) is 5.43. The van der Waals surface area contributed by atoms with Crippen LogP contribution in [0.1, 0.15) is 20.3 Å². The zero-order chi connectivity index (χ0) is 10.2. The van der Waals surface area contributed by atoms with E-state index >= 15 is 0 Å².